The highest BCUT2D eigenvalue weighted by atomic mass is 35.5. The Morgan fingerprint density at radius 1 is 1.35 bits per heavy atom. The molecule has 1 saturated heterocycles. The number of aromatic nitrogens is 3. The third-order valence-electron chi connectivity index (χ3n) is 3.11. The summed E-state index contributed by atoms with van der Waals surface area (Å²) in [7, 11) is 1.53. The van der Waals surface area contributed by atoms with E-state index in [4.69, 9.17) is 16.3 Å². The summed E-state index contributed by atoms with van der Waals surface area (Å²) in [4.78, 5) is 14.6. The lowest BCUT2D eigenvalue weighted by Crippen LogP contribution is -2.40. The van der Waals surface area contributed by atoms with Crippen molar-refractivity contribution in [1.29, 1.82) is 0 Å². The summed E-state index contributed by atoms with van der Waals surface area (Å²) in [5.74, 6) is 0.633. The Bertz CT molecular complexity index is 388. The average Bonchev–Trinajstić information content (AvgIpc) is 2.37. The van der Waals surface area contributed by atoms with Crippen LogP contribution in [-0.4, -0.2) is 34.6 Å². The maximum Gasteiger partial charge on any atom is 0.322 e. The van der Waals surface area contributed by atoms with Gasteiger partial charge in [-0.3, -0.25) is 0 Å². The van der Waals surface area contributed by atoms with Crippen LogP contribution < -0.4 is 9.64 Å². The van der Waals surface area contributed by atoms with Gasteiger partial charge in [-0.25, -0.2) is 0 Å². The molecule has 1 aliphatic rings. The molecule has 2 heterocycles. The van der Waals surface area contributed by atoms with Gasteiger partial charge in [0.1, 0.15) is 0 Å². The minimum absolute atomic E-state index is 0.187. The van der Waals surface area contributed by atoms with Gasteiger partial charge in [-0.15, -0.1) is 0 Å². The first-order chi connectivity index (χ1) is 8.24. The summed E-state index contributed by atoms with van der Waals surface area (Å²) in [6.45, 7) is 3.16. The van der Waals surface area contributed by atoms with Crippen LogP contribution in [0.2, 0.25) is 5.28 Å². The summed E-state index contributed by atoms with van der Waals surface area (Å²) in [5.41, 5.74) is 0. The average molecular weight is 257 g/mol. The minimum Gasteiger partial charge on any atom is -0.467 e. The fourth-order valence-electron chi connectivity index (χ4n) is 2.23. The molecule has 0 N–H and O–H groups in total. The maximum absolute atomic E-state index is 5.87. The molecule has 5 nitrogen and oxygen atoms in total. The van der Waals surface area contributed by atoms with E-state index in [1.54, 1.807) is 0 Å². The fourth-order valence-corrected chi connectivity index (χ4v) is 2.38. The SMILES string of the molecule is CCC1CCCCN1c1nc(Cl)nc(OC)n1. The second-order valence-corrected chi connectivity index (χ2v) is 4.48. The number of rotatable bonds is 3. The van der Waals surface area contributed by atoms with Gasteiger partial charge in [0, 0.05) is 12.6 Å². The van der Waals surface area contributed by atoms with Crippen molar-refractivity contribution in [2.45, 2.75) is 38.6 Å². The van der Waals surface area contributed by atoms with Crippen LogP contribution >= 0.6 is 11.6 Å². The Morgan fingerprint density at radius 3 is 2.88 bits per heavy atom. The van der Waals surface area contributed by atoms with Crippen molar-refractivity contribution >= 4 is 17.5 Å². The summed E-state index contributed by atoms with van der Waals surface area (Å²) in [6, 6.07) is 0.771. The molecular weight excluding hydrogens is 240 g/mol. The number of ether oxygens (including phenoxy) is 1. The molecule has 1 aromatic rings. The molecule has 0 amide bonds. The summed E-state index contributed by atoms with van der Waals surface area (Å²) < 4.78 is 5.02. The molecule has 0 bridgehead atoms. The highest BCUT2D eigenvalue weighted by molar-refractivity contribution is 6.28. The molecule has 1 fully saturated rings. The maximum atomic E-state index is 5.87. The third kappa shape index (κ3) is 2.77. The van der Waals surface area contributed by atoms with Gasteiger partial charge in [0.25, 0.3) is 0 Å². The molecular formula is C11H17ClN4O. The second-order valence-electron chi connectivity index (χ2n) is 4.14. The van der Waals surface area contributed by atoms with E-state index in [-0.39, 0.29) is 11.3 Å². The topological polar surface area (TPSA) is 51.1 Å². The lowest BCUT2D eigenvalue weighted by atomic mass is 10.0. The van der Waals surface area contributed by atoms with Gasteiger partial charge >= 0.3 is 6.01 Å². The molecule has 17 heavy (non-hydrogen) atoms. The number of methoxy groups -OCH3 is 1. The van der Waals surface area contributed by atoms with E-state index in [0.717, 1.165) is 13.0 Å². The van der Waals surface area contributed by atoms with Gasteiger partial charge in [0.2, 0.25) is 11.2 Å². The number of nitrogens with zero attached hydrogens (tertiary/aromatic N) is 4. The van der Waals surface area contributed by atoms with E-state index in [1.807, 2.05) is 0 Å². The van der Waals surface area contributed by atoms with E-state index in [1.165, 1.54) is 26.4 Å². The van der Waals surface area contributed by atoms with E-state index < -0.39 is 0 Å². The monoisotopic (exact) mass is 256 g/mol. The number of anilines is 1. The molecule has 1 aromatic heterocycles. The Morgan fingerprint density at radius 2 is 2.18 bits per heavy atom. The van der Waals surface area contributed by atoms with Crippen molar-refractivity contribution in [2.24, 2.45) is 0 Å². The van der Waals surface area contributed by atoms with Crippen LogP contribution in [0.5, 0.6) is 6.01 Å². The van der Waals surface area contributed by atoms with Crippen molar-refractivity contribution in [3.63, 3.8) is 0 Å². The van der Waals surface area contributed by atoms with Crippen LogP contribution in [0.15, 0.2) is 0 Å². The molecule has 1 atom stereocenters. The number of hydrogen-bond acceptors (Lipinski definition) is 5. The van der Waals surface area contributed by atoms with Gasteiger partial charge in [-0.05, 0) is 37.3 Å². The van der Waals surface area contributed by atoms with Crippen LogP contribution in [0, 0.1) is 0 Å². The van der Waals surface area contributed by atoms with E-state index in [2.05, 4.69) is 26.8 Å². The van der Waals surface area contributed by atoms with Crippen molar-refractivity contribution in [3.8, 4) is 6.01 Å². The normalized spacial score (nSPS) is 20.4. The number of halogens is 1. The van der Waals surface area contributed by atoms with Gasteiger partial charge < -0.3 is 9.64 Å². The lowest BCUT2D eigenvalue weighted by Gasteiger charge is -2.35. The van der Waals surface area contributed by atoms with Crippen LogP contribution in [0.3, 0.4) is 0 Å². The zero-order chi connectivity index (χ0) is 12.3. The quantitative estimate of drug-likeness (QED) is 0.831. The fraction of sp³-hybridized carbons (Fsp3) is 0.727. The lowest BCUT2D eigenvalue weighted by molar-refractivity contribution is 0.374. The molecule has 1 unspecified atom stereocenters. The predicted octanol–water partition coefficient (Wildman–Crippen LogP) is 2.30. The van der Waals surface area contributed by atoms with Crippen LogP contribution in [0.1, 0.15) is 32.6 Å². The molecule has 6 heteroatoms. The zero-order valence-electron chi connectivity index (χ0n) is 10.2. The first-order valence-corrected chi connectivity index (χ1v) is 6.34. The first kappa shape index (κ1) is 12.4. The third-order valence-corrected chi connectivity index (χ3v) is 3.28. The van der Waals surface area contributed by atoms with Crippen LogP contribution in [0.4, 0.5) is 5.95 Å². The highest BCUT2D eigenvalue weighted by Gasteiger charge is 2.24. The van der Waals surface area contributed by atoms with Gasteiger partial charge in [0.15, 0.2) is 0 Å². The minimum atomic E-state index is 0.187. The zero-order valence-corrected chi connectivity index (χ0v) is 10.9. The molecule has 0 spiro atoms. The molecule has 0 aliphatic carbocycles. The largest absolute Gasteiger partial charge is 0.467 e. The number of hydrogen-bond donors (Lipinski definition) is 0. The first-order valence-electron chi connectivity index (χ1n) is 5.96. The standard InChI is InChI=1S/C11H17ClN4O/c1-3-8-6-4-5-7-16(8)10-13-9(12)14-11(15-10)17-2/h8H,3-7H2,1-2H3. The van der Waals surface area contributed by atoms with Crippen LogP contribution in [-0.2, 0) is 0 Å². The molecule has 0 saturated carbocycles. The van der Waals surface area contributed by atoms with Crippen molar-refractivity contribution < 1.29 is 4.74 Å². The molecule has 94 valence electrons. The Labute approximate surface area is 106 Å². The summed E-state index contributed by atoms with van der Waals surface area (Å²) >= 11 is 5.87. The smallest absolute Gasteiger partial charge is 0.322 e. The molecule has 1 aliphatic heterocycles. The number of piperidine rings is 1. The Balaban J connectivity index is 2.27. The van der Waals surface area contributed by atoms with Crippen molar-refractivity contribution in [3.05, 3.63) is 5.28 Å². The Kier molecular flexibility index (Phi) is 3.99. The van der Waals surface area contributed by atoms with E-state index >= 15 is 0 Å². The van der Waals surface area contributed by atoms with Crippen molar-refractivity contribution in [2.75, 3.05) is 18.6 Å². The molecule has 0 radical (unpaired) electrons. The second kappa shape index (κ2) is 5.49. The molecule has 0 aromatic carbocycles. The van der Waals surface area contributed by atoms with Gasteiger partial charge in [-0.1, -0.05) is 6.92 Å². The predicted molar refractivity (Wildman–Crippen MR) is 66.7 cm³/mol. The molecule has 2 rings (SSSR count). The van der Waals surface area contributed by atoms with Gasteiger partial charge in [-0.2, -0.15) is 15.0 Å². The van der Waals surface area contributed by atoms with Gasteiger partial charge in [0.05, 0.1) is 7.11 Å². The van der Waals surface area contributed by atoms with E-state index in [0.29, 0.717) is 12.0 Å². The highest BCUT2D eigenvalue weighted by Crippen LogP contribution is 2.25. The van der Waals surface area contributed by atoms with Crippen LogP contribution in [0.25, 0.3) is 0 Å². The van der Waals surface area contributed by atoms with Crippen molar-refractivity contribution in [1.82, 2.24) is 15.0 Å². The Hall–Kier alpha value is -1.10. The summed E-state index contributed by atoms with van der Waals surface area (Å²) in [5, 5.41) is 0.187. The summed E-state index contributed by atoms with van der Waals surface area (Å²) in [6.07, 6.45) is 4.71. The van der Waals surface area contributed by atoms with E-state index in [9.17, 15) is 0 Å².